The van der Waals surface area contributed by atoms with Crippen LogP contribution in [0.2, 0.25) is 0 Å². The van der Waals surface area contributed by atoms with Gasteiger partial charge in [-0.15, -0.1) is 0 Å². The number of morpholine rings is 1. The lowest BCUT2D eigenvalue weighted by Crippen LogP contribution is -2.51. The second-order valence-corrected chi connectivity index (χ2v) is 7.07. The highest BCUT2D eigenvalue weighted by atomic mass is 32.1. The van der Waals surface area contributed by atoms with Gasteiger partial charge in [0, 0.05) is 31.5 Å². The van der Waals surface area contributed by atoms with Gasteiger partial charge in [-0.2, -0.15) is 11.3 Å². The summed E-state index contributed by atoms with van der Waals surface area (Å²) in [6, 6.07) is 6.74. The summed E-state index contributed by atoms with van der Waals surface area (Å²) in [4.78, 5) is 6.63. The molecule has 122 valence electrons. The van der Waals surface area contributed by atoms with Gasteiger partial charge >= 0.3 is 0 Å². The molecule has 23 heavy (non-hydrogen) atoms. The van der Waals surface area contributed by atoms with Gasteiger partial charge in [0.2, 0.25) is 0 Å². The lowest BCUT2D eigenvalue weighted by molar-refractivity contribution is -0.118. The van der Waals surface area contributed by atoms with Crippen molar-refractivity contribution >= 4 is 11.3 Å². The summed E-state index contributed by atoms with van der Waals surface area (Å²) in [5, 5.41) is 4.40. The number of pyridine rings is 1. The Kier molecular flexibility index (Phi) is 4.71. The maximum atomic E-state index is 6.16. The van der Waals surface area contributed by atoms with Crippen LogP contribution in [0.4, 0.5) is 0 Å². The number of hydrogen-bond donors (Lipinski definition) is 0. The molecular formula is C18H22N2O2S. The Morgan fingerprint density at radius 3 is 2.96 bits per heavy atom. The van der Waals surface area contributed by atoms with Gasteiger partial charge in [-0.1, -0.05) is 0 Å². The topological polar surface area (TPSA) is 34.6 Å². The van der Waals surface area contributed by atoms with E-state index in [0.717, 1.165) is 32.5 Å². The Labute approximate surface area is 141 Å². The van der Waals surface area contributed by atoms with E-state index in [-0.39, 0.29) is 12.2 Å². The van der Waals surface area contributed by atoms with Crippen molar-refractivity contribution < 1.29 is 9.47 Å². The van der Waals surface area contributed by atoms with E-state index >= 15 is 0 Å². The van der Waals surface area contributed by atoms with Crippen LogP contribution in [0, 0.1) is 0 Å². The van der Waals surface area contributed by atoms with Crippen LogP contribution in [0.5, 0.6) is 0 Å². The number of fused-ring (bicyclic) bond motifs is 1. The summed E-state index contributed by atoms with van der Waals surface area (Å²) in [5.74, 6) is 0. The number of nitrogens with zero attached hydrogens (tertiary/aromatic N) is 2. The summed E-state index contributed by atoms with van der Waals surface area (Å²) in [7, 11) is 0. The molecule has 3 atom stereocenters. The molecule has 1 saturated carbocycles. The smallest absolute Gasteiger partial charge is 0.0992 e. The minimum absolute atomic E-state index is 0.207. The van der Waals surface area contributed by atoms with Crippen molar-refractivity contribution in [2.75, 3.05) is 13.2 Å². The first-order chi connectivity index (χ1) is 11.4. The van der Waals surface area contributed by atoms with Crippen LogP contribution in [-0.4, -0.2) is 41.3 Å². The highest BCUT2D eigenvalue weighted by molar-refractivity contribution is 7.07. The zero-order valence-electron chi connectivity index (χ0n) is 13.1. The molecule has 0 spiro atoms. The first kappa shape index (κ1) is 15.3. The zero-order chi connectivity index (χ0) is 15.5. The molecule has 0 bridgehead atoms. The minimum atomic E-state index is 0.207. The van der Waals surface area contributed by atoms with Crippen molar-refractivity contribution in [2.45, 2.75) is 44.2 Å². The van der Waals surface area contributed by atoms with E-state index in [0.29, 0.717) is 12.6 Å². The molecule has 0 amide bonds. The molecule has 4 nitrogen and oxygen atoms in total. The summed E-state index contributed by atoms with van der Waals surface area (Å²) >= 11 is 1.77. The zero-order valence-corrected chi connectivity index (χ0v) is 14.0. The fourth-order valence-electron chi connectivity index (χ4n) is 3.67. The molecule has 3 heterocycles. The van der Waals surface area contributed by atoms with Crippen LogP contribution >= 0.6 is 11.3 Å². The maximum Gasteiger partial charge on any atom is 0.0992 e. The van der Waals surface area contributed by atoms with Crippen molar-refractivity contribution in [1.29, 1.82) is 0 Å². The van der Waals surface area contributed by atoms with Gasteiger partial charge < -0.3 is 9.47 Å². The molecule has 0 aromatic carbocycles. The molecule has 1 aliphatic carbocycles. The summed E-state index contributed by atoms with van der Waals surface area (Å²) in [6.07, 6.45) is 6.30. The Morgan fingerprint density at radius 1 is 1.22 bits per heavy atom. The van der Waals surface area contributed by atoms with Gasteiger partial charge in [0.15, 0.2) is 0 Å². The molecule has 4 rings (SSSR count). The second-order valence-electron chi connectivity index (χ2n) is 6.29. The lowest BCUT2D eigenvalue weighted by atomic mass is 10.1. The third-order valence-electron chi connectivity index (χ3n) is 4.83. The predicted molar refractivity (Wildman–Crippen MR) is 90.3 cm³/mol. The Hall–Kier alpha value is -1.27. The molecule has 0 unspecified atom stereocenters. The van der Waals surface area contributed by atoms with Gasteiger partial charge in [-0.3, -0.25) is 9.88 Å². The predicted octanol–water partition coefficient (Wildman–Crippen LogP) is 3.09. The van der Waals surface area contributed by atoms with E-state index in [9.17, 15) is 0 Å². The van der Waals surface area contributed by atoms with Crippen LogP contribution < -0.4 is 0 Å². The van der Waals surface area contributed by atoms with Crippen LogP contribution in [0.15, 0.2) is 41.4 Å². The average Bonchev–Trinajstić information content (AvgIpc) is 3.24. The molecule has 2 aliphatic rings. The Balaban J connectivity index is 1.37. The first-order valence-corrected chi connectivity index (χ1v) is 9.21. The summed E-state index contributed by atoms with van der Waals surface area (Å²) in [5.41, 5.74) is 2.59. The fraction of sp³-hybridized carbons (Fsp3) is 0.500. The monoisotopic (exact) mass is 330 g/mol. The van der Waals surface area contributed by atoms with E-state index < -0.39 is 0 Å². The Bertz CT molecular complexity index is 605. The highest BCUT2D eigenvalue weighted by Gasteiger charge is 2.43. The molecule has 2 fully saturated rings. The van der Waals surface area contributed by atoms with E-state index in [4.69, 9.17) is 9.47 Å². The highest BCUT2D eigenvalue weighted by Crippen LogP contribution is 2.33. The third-order valence-corrected chi connectivity index (χ3v) is 5.56. The van der Waals surface area contributed by atoms with Crippen molar-refractivity contribution in [3.8, 4) is 0 Å². The number of thiophene rings is 1. The maximum absolute atomic E-state index is 6.16. The standard InChI is InChI=1S/C18H22N2O2S/c1-2-17(22-12-14-3-6-19-7-4-14)18-16(1)20(8-9-21-18)11-15-5-10-23-13-15/h3-7,10,13,16-18H,1-2,8-9,11-12H2/t16-,17-,18-/m0/s1. The fourth-order valence-corrected chi connectivity index (χ4v) is 4.33. The molecular weight excluding hydrogens is 308 g/mol. The molecule has 1 saturated heterocycles. The molecule has 0 N–H and O–H groups in total. The van der Waals surface area contributed by atoms with Gasteiger partial charge in [-0.05, 0) is 52.9 Å². The molecule has 2 aromatic heterocycles. The largest absolute Gasteiger partial charge is 0.373 e. The molecule has 1 aliphatic heterocycles. The Morgan fingerprint density at radius 2 is 2.13 bits per heavy atom. The SMILES string of the molecule is c1cc(CO[C@H]2CC[C@H]3[C@@H]2OCCN3Cc2ccsc2)ccn1. The molecule has 2 aromatic rings. The summed E-state index contributed by atoms with van der Waals surface area (Å²) < 4.78 is 12.2. The van der Waals surface area contributed by atoms with E-state index in [1.54, 1.807) is 11.3 Å². The first-order valence-electron chi connectivity index (χ1n) is 8.27. The molecule has 0 radical (unpaired) electrons. The summed E-state index contributed by atoms with van der Waals surface area (Å²) in [6.45, 7) is 3.50. The van der Waals surface area contributed by atoms with Gasteiger partial charge in [0.1, 0.15) is 0 Å². The number of ether oxygens (including phenoxy) is 2. The van der Waals surface area contributed by atoms with Crippen LogP contribution in [0.25, 0.3) is 0 Å². The third kappa shape index (κ3) is 3.48. The minimum Gasteiger partial charge on any atom is -0.373 e. The van der Waals surface area contributed by atoms with E-state index in [2.05, 4.69) is 26.7 Å². The van der Waals surface area contributed by atoms with Crippen molar-refractivity contribution in [3.63, 3.8) is 0 Å². The van der Waals surface area contributed by atoms with Crippen molar-refractivity contribution in [2.24, 2.45) is 0 Å². The number of aromatic nitrogens is 1. The second kappa shape index (κ2) is 7.09. The number of hydrogen-bond acceptors (Lipinski definition) is 5. The number of rotatable bonds is 5. The van der Waals surface area contributed by atoms with E-state index in [1.165, 1.54) is 11.1 Å². The lowest BCUT2D eigenvalue weighted by Gasteiger charge is -2.39. The van der Waals surface area contributed by atoms with Gasteiger partial charge in [0.05, 0.1) is 25.4 Å². The normalized spacial score (nSPS) is 27.9. The quantitative estimate of drug-likeness (QED) is 0.844. The van der Waals surface area contributed by atoms with Gasteiger partial charge in [-0.25, -0.2) is 0 Å². The molecule has 5 heteroatoms. The average molecular weight is 330 g/mol. The van der Waals surface area contributed by atoms with E-state index in [1.807, 2.05) is 24.5 Å². The van der Waals surface area contributed by atoms with Crippen molar-refractivity contribution in [1.82, 2.24) is 9.88 Å². The van der Waals surface area contributed by atoms with Crippen molar-refractivity contribution in [3.05, 3.63) is 52.5 Å². The van der Waals surface area contributed by atoms with Crippen LogP contribution in [-0.2, 0) is 22.6 Å². The van der Waals surface area contributed by atoms with Crippen LogP contribution in [0.1, 0.15) is 24.0 Å². The van der Waals surface area contributed by atoms with Gasteiger partial charge in [0.25, 0.3) is 0 Å². The van der Waals surface area contributed by atoms with Crippen LogP contribution in [0.3, 0.4) is 0 Å².